The lowest BCUT2D eigenvalue weighted by Gasteiger charge is -2.21. The second kappa shape index (κ2) is 9.54. The summed E-state index contributed by atoms with van der Waals surface area (Å²) >= 11 is 0. The topological polar surface area (TPSA) is 94.0 Å². The zero-order valence-electron chi connectivity index (χ0n) is 13.9. The Morgan fingerprint density at radius 3 is 2.79 bits per heavy atom. The van der Waals surface area contributed by atoms with Crippen molar-refractivity contribution in [2.75, 3.05) is 26.7 Å². The molecule has 1 atom stereocenters. The van der Waals surface area contributed by atoms with Crippen molar-refractivity contribution in [3.8, 4) is 0 Å². The highest BCUT2D eigenvalue weighted by atomic mass is 127. The van der Waals surface area contributed by atoms with Crippen molar-refractivity contribution in [1.82, 2.24) is 14.9 Å². The van der Waals surface area contributed by atoms with E-state index in [2.05, 4.69) is 15.0 Å². The highest BCUT2D eigenvalue weighted by Gasteiger charge is 2.22. The maximum Gasteiger partial charge on any atom is 0.240 e. The molecule has 1 saturated heterocycles. The lowest BCUT2D eigenvalue weighted by Crippen LogP contribution is -2.40. The van der Waals surface area contributed by atoms with Gasteiger partial charge in [0.2, 0.25) is 10.0 Å². The van der Waals surface area contributed by atoms with E-state index >= 15 is 0 Å². The fourth-order valence-electron chi connectivity index (χ4n) is 2.46. The third-order valence-electron chi connectivity index (χ3n) is 3.69. The van der Waals surface area contributed by atoms with Gasteiger partial charge in [0, 0.05) is 19.6 Å². The maximum atomic E-state index is 11.8. The second-order valence-corrected chi connectivity index (χ2v) is 7.30. The van der Waals surface area contributed by atoms with Crippen LogP contribution in [0.5, 0.6) is 0 Å². The molecule has 1 aromatic rings. The van der Waals surface area contributed by atoms with Gasteiger partial charge in [-0.2, -0.15) is 0 Å². The third-order valence-corrected chi connectivity index (χ3v) is 5.10. The molecule has 1 aliphatic heterocycles. The average Bonchev–Trinajstić information content (AvgIpc) is 2.98. The van der Waals surface area contributed by atoms with Crippen molar-refractivity contribution in [2.24, 2.45) is 4.99 Å². The molecule has 2 rings (SSSR count). The number of halogens is 1. The summed E-state index contributed by atoms with van der Waals surface area (Å²) in [4.78, 5) is 6.80. The number of sulfonamides is 1. The Bertz CT molecular complexity index is 666. The fourth-order valence-corrected chi connectivity index (χ4v) is 3.25. The van der Waals surface area contributed by atoms with Gasteiger partial charge in [-0.15, -0.1) is 24.0 Å². The van der Waals surface area contributed by atoms with E-state index in [4.69, 9.17) is 0 Å². The number of likely N-dealkylation sites (tertiary alicyclic amines) is 1. The first kappa shape index (κ1) is 21.1. The summed E-state index contributed by atoms with van der Waals surface area (Å²) in [5, 5.41) is 12.9. The van der Waals surface area contributed by atoms with Gasteiger partial charge in [0.25, 0.3) is 0 Å². The highest BCUT2D eigenvalue weighted by molar-refractivity contribution is 14.0. The monoisotopic (exact) mass is 468 g/mol. The molecule has 0 bridgehead atoms. The lowest BCUT2D eigenvalue weighted by molar-refractivity contribution is 0.188. The van der Waals surface area contributed by atoms with Gasteiger partial charge in [-0.3, -0.25) is 0 Å². The summed E-state index contributed by atoms with van der Waals surface area (Å²) in [6.07, 6.45) is 0.420. The molecule has 1 heterocycles. The van der Waals surface area contributed by atoms with Crippen molar-refractivity contribution in [3.05, 3.63) is 29.8 Å². The Balaban J connectivity index is 0.00000288. The molecule has 7 nitrogen and oxygen atoms in total. The summed E-state index contributed by atoms with van der Waals surface area (Å²) in [5.41, 5.74) is 0.816. The Hall–Kier alpha value is -0.910. The Morgan fingerprint density at radius 2 is 2.21 bits per heavy atom. The van der Waals surface area contributed by atoms with E-state index in [-0.39, 0.29) is 35.0 Å². The molecule has 1 fully saturated rings. The molecule has 9 heteroatoms. The Kier molecular flexibility index (Phi) is 8.40. The lowest BCUT2D eigenvalue weighted by atomic mass is 10.2. The number of rotatable bonds is 5. The first-order chi connectivity index (χ1) is 11.0. The van der Waals surface area contributed by atoms with E-state index < -0.39 is 10.0 Å². The molecule has 1 aliphatic rings. The first-order valence-electron chi connectivity index (χ1n) is 7.70. The molecule has 3 N–H and O–H groups in total. The van der Waals surface area contributed by atoms with Crippen LogP contribution in [0, 0.1) is 0 Å². The summed E-state index contributed by atoms with van der Waals surface area (Å²) in [7, 11) is -2.06. The van der Waals surface area contributed by atoms with Crippen LogP contribution in [-0.4, -0.2) is 57.2 Å². The zero-order chi connectivity index (χ0) is 16.9. The number of nitrogens with one attached hydrogen (secondary N) is 2. The number of hydrogen-bond donors (Lipinski definition) is 3. The maximum absolute atomic E-state index is 11.8. The number of benzene rings is 1. The van der Waals surface area contributed by atoms with Crippen LogP contribution in [0.4, 0.5) is 0 Å². The normalized spacial score (nSPS) is 18.4. The van der Waals surface area contributed by atoms with Crippen LogP contribution in [-0.2, 0) is 16.6 Å². The van der Waals surface area contributed by atoms with Crippen LogP contribution in [0.3, 0.4) is 0 Å². The minimum absolute atomic E-state index is 0. The third kappa shape index (κ3) is 5.57. The summed E-state index contributed by atoms with van der Waals surface area (Å²) in [5.74, 6) is 0.742. The van der Waals surface area contributed by atoms with E-state index in [0.717, 1.165) is 31.0 Å². The number of guanidine groups is 1. The smallest absolute Gasteiger partial charge is 0.240 e. The minimum atomic E-state index is -3.45. The van der Waals surface area contributed by atoms with Gasteiger partial charge < -0.3 is 15.3 Å². The zero-order valence-corrected chi connectivity index (χ0v) is 17.0. The molecule has 0 aliphatic carbocycles. The van der Waals surface area contributed by atoms with Gasteiger partial charge >= 0.3 is 0 Å². The highest BCUT2D eigenvalue weighted by Crippen LogP contribution is 2.13. The molecule has 0 amide bonds. The van der Waals surface area contributed by atoms with E-state index in [0.29, 0.717) is 13.1 Å². The van der Waals surface area contributed by atoms with Gasteiger partial charge in [0.15, 0.2) is 5.96 Å². The molecule has 1 aromatic carbocycles. The molecular formula is C15H25IN4O3S. The van der Waals surface area contributed by atoms with Crippen molar-refractivity contribution in [1.29, 1.82) is 0 Å². The molecule has 136 valence electrons. The molecule has 0 saturated carbocycles. The fraction of sp³-hybridized carbons (Fsp3) is 0.533. The largest absolute Gasteiger partial charge is 0.391 e. The van der Waals surface area contributed by atoms with E-state index in [9.17, 15) is 13.5 Å². The molecule has 24 heavy (non-hydrogen) atoms. The molecular weight excluding hydrogens is 443 g/mol. The van der Waals surface area contributed by atoms with Gasteiger partial charge in [0.05, 0.1) is 17.5 Å². The summed E-state index contributed by atoms with van der Waals surface area (Å²) in [6, 6.07) is 6.74. The average molecular weight is 468 g/mol. The van der Waals surface area contributed by atoms with Crippen LogP contribution < -0.4 is 10.0 Å². The predicted molar refractivity (Wildman–Crippen MR) is 105 cm³/mol. The van der Waals surface area contributed by atoms with E-state index in [1.165, 1.54) is 7.05 Å². The standard InChI is InChI=1S/C15H24N4O3S.HI/c1-3-17-15(19-8-7-13(20)11-19)18-10-12-5-4-6-14(9-12)23(21,22)16-2;/h4-6,9,13,16,20H,3,7-8,10-11H2,1-2H3,(H,17,18);1H/t13-;/m1./s1. The summed E-state index contributed by atoms with van der Waals surface area (Å²) in [6.45, 7) is 4.44. The molecule has 0 spiro atoms. The SMILES string of the molecule is CCNC(=NCc1cccc(S(=O)(=O)NC)c1)N1CC[C@@H](O)C1.I. The van der Waals surface area contributed by atoms with Crippen LogP contribution in [0.2, 0.25) is 0 Å². The first-order valence-corrected chi connectivity index (χ1v) is 9.18. The predicted octanol–water partition coefficient (Wildman–Crippen LogP) is 0.745. The van der Waals surface area contributed by atoms with Crippen LogP contribution >= 0.6 is 24.0 Å². The number of β-amino-alcohol motifs (C(OH)–C–C–N with tert-alkyl or cyclic N) is 1. The molecule has 0 unspecified atom stereocenters. The van der Waals surface area contributed by atoms with Crippen molar-refractivity contribution >= 4 is 40.0 Å². The van der Waals surface area contributed by atoms with Gasteiger partial charge in [-0.1, -0.05) is 12.1 Å². The van der Waals surface area contributed by atoms with Gasteiger partial charge in [0.1, 0.15) is 0 Å². The number of aliphatic hydroxyl groups excluding tert-OH is 1. The second-order valence-electron chi connectivity index (χ2n) is 5.41. The van der Waals surface area contributed by atoms with Crippen LogP contribution in [0.15, 0.2) is 34.2 Å². The quantitative estimate of drug-likeness (QED) is 0.337. The van der Waals surface area contributed by atoms with Crippen molar-refractivity contribution < 1.29 is 13.5 Å². The number of aliphatic imine (C=N–C) groups is 1. The van der Waals surface area contributed by atoms with Crippen molar-refractivity contribution in [3.63, 3.8) is 0 Å². The minimum Gasteiger partial charge on any atom is -0.391 e. The van der Waals surface area contributed by atoms with Gasteiger partial charge in [-0.25, -0.2) is 18.1 Å². The molecule has 0 aromatic heterocycles. The number of nitrogens with zero attached hydrogens (tertiary/aromatic N) is 2. The Morgan fingerprint density at radius 1 is 1.46 bits per heavy atom. The van der Waals surface area contributed by atoms with Crippen LogP contribution in [0.1, 0.15) is 18.9 Å². The van der Waals surface area contributed by atoms with Crippen molar-refractivity contribution in [2.45, 2.75) is 30.9 Å². The molecule has 0 radical (unpaired) electrons. The van der Waals surface area contributed by atoms with Crippen LogP contribution in [0.25, 0.3) is 0 Å². The summed E-state index contributed by atoms with van der Waals surface area (Å²) < 4.78 is 26.0. The Labute approximate surface area is 160 Å². The number of aliphatic hydroxyl groups is 1. The van der Waals surface area contributed by atoms with E-state index in [1.54, 1.807) is 18.2 Å². The van der Waals surface area contributed by atoms with Gasteiger partial charge in [-0.05, 0) is 38.1 Å². The number of hydrogen-bond acceptors (Lipinski definition) is 4. The van der Waals surface area contributed by atoms with E-state index in [1.807, 2.05) is 17.9 Å².